The molecule has 0 radical (unpaired) electrons. The highest BCUT2D eigenvalue weighted by atomic mass is 16.7. The first-order valence-corrected chi connectivity index (χ1v) is 21.8. The van der Waals surface area contributed by atoms with Gasteiger partial charge in [0.1, 0.15) is 36.6 Å². The fourth-order valence-corrected chi connectivity index (χ4v) is 15.2. The average molecular weight is 827 g/mol. The molecular weight excluding hydrogens is 756 g/mol. The Balaban J connectivity index is 1.15. The number of rotatable bonds is 8. The number of carbonyl (C=O) groups excluding carboxylic acids is 1. The second-order valence-corrected chi connectivity index (χ2v) is 21.6. The van der Waals surface area contributed by atoms with Crippen molar-refractivity contribution in [3.63, 3.8) is 0 Å². The fraction of sp³-hybridized carbons (Fsp3) is 0.977. The zero-order valence-corrected chi connectivity index (χ0v) is 35.5. The van der Waals surface area contributed by atoms with Gasteiger partial charge in [0.05, 0.1) is 48.8 Å². The first-order valence-electron chi connectivity index (χ1n) is 21.8. The molecule has 8 aliphatic rings. The summed E-state index contributed by atoms with van der Waals surface area (Å²) in [7, 11) is 0. The molecule has 5 aliphatic carbocycles. The quantitative estimate of drug-likeness (QED) is 0.127. The second-order valence-electron chi connectivity index (χ2n) is 21.6. The third-order valence-corrected chi connectivity index (χ3v) is 17.9. The van der Waals surface area contributed by atoms with Crippen LogP contribution < -0.4 is 0 Å². The smallest absolute Gasteiger partial charge is 0.303 e. The van der Waals surface area contributed by atoms with E-state index in [1.807, 2.05) is 0 Å². The summed E-state index contributed by atoms with van der Waals surface area (Å²) in [5.74, 6) is -0.931. The van der Waals surface area contributed by atoms with Gasteiger partial charge in [0.25, 0.3) is 0 Å². The zero-order chi connectivity index (χ0) is 42.3. The van der Waals surface area contributed by atoms with Crippen LogP contribution in [0.2, 0.25) is 0 Å². The normalized spacial score (nSPS) is 56.1. The first-order chi connectivity index (χ1) is 26.9. The maximum atomic E-state index is 12.2. The predicted octanol–water partition coefficient (Wildman–Crippen LogP) is 1.29. The minimum Gasteiger partial charge on any atom is -0.454 e. The molecule has 3 saturated heterocycles. The van der Waals surface area contributed by atoms with Crippen LogP contribution in [0.1, 0.15) is 113 Å². The van der Waals surface area contributed by atoms with Crippen molar-refractivity contribution in [3.05, 3.63) is 0 Å². The lowest BCUT2D eigenvalue weighted by molar-refractivity contribution is -0.339. The molecule has 0 aromatic rings. The Labute approximate surface area is 341 Å². The van der Waals surface area contributed by atoms with Gasteiger partial charge >= 0.3 is 5.97 Å². The monoisotopic (exact) mass is 826 g/mol. The number of fused-ring (bicyclic) bond motifs is 2. The van der Waals surface area contributed by atoms with Gasteiger partial charge in [-0.05, 0) is 117 Å². The molecule has 3 heterocycles. The lowest BCUT2D eigenvalue weighted by Crippen LogP contribution is -2.65. The lowest BCUT2D eigenvalue weighted by Gasteiger charge is -2.65. The molecule has 21 atom stereocenters. The molecule has 0 amide bonds. The molecular formula is C43H70O15. The van der Waals surface area contributed by atoms with Gasteiger partial charge in [-0.15, -0.1) is 0 Å². The van der Waals surface area contributed by atoms with Crippen LogP contribution in [0.15, 0.2) is 0 Å². The summed E-state index contributed by atoms with van der Waals surface area (Å²) in [5, 5.41) is 87.3. The molecule has 0 unspecified atom stereocenters. The van der Waals surface area contributed by atoms with Crippen molar-refractivity contribution in [3.8, 4) is 0 Å². The standard InChI is InChI=1S/C43H70O15/c1-20(45)54-32-28(48)22(47)18-53-36(32)57-26-10-12-43-19-42(43)14-13-39(6)33(41(8)11-9-27(58-41)38(4,5)52)21(46)16-40(39,7)25(42)15-23(34(43)37(26,2)3)55-35-31(51)30(50)29(49)24(17-44)56-35/h21-36,44,46-52H,9-19H2,1-8H3/t21-,22+,23-,24+,25+,26-,27+,28-,29+,30-,31+,32+,33-,34+,35+,36-,39+,40-,41+,42-,43+/m0/s1. The topological polar surface area (TPSA) is 234 Å². The van der Waals surface area contributed by atoms with Crippen molar-refractivity contribution in [2.45, 2.75) is 204 Å². The van der Waals surface area contributed by atoms with E-state index in [0.717, 1.165) is 32.1 Å². The number of esters is 1. The molecule has 15 nitrogen and oxygen atoms in total. The van der Waals surface area contributed by atoms with E-state index in [0.29, 0.717) is 25.7 Å². The number of aliphatic hydroxyl groups is 8. The lowest BCUT2D eigenvalue weighted by atomic mass is 9.41. The Hall–Kier alpha value is -1.05. The van der Waals surface area contributed by atoms with E-state index in [1.54, 1.807) is 13.8 Å². The minimum atomic E-state index is -1.62. The summed E-state index contributed by atoms with van der Waals surface area (Å²) in [6.07, 6.45) is -7.66. The van der Waals surface area contributed by atoms with Gasteiger partial charge in [-0.2, -0.15) is 0 Å². The molecule has 0 aromatic carbocycles. The number of carbonyl (C=O) groups is 1. The highest BCUT2D eigenvalue weighted by Crippen LogP contribution is 2.89. The zero-order valence-electron chi connectivity index (χ0n) is 35.5. The van der Waals surface area contributed by atoms with Gasteiger partial charge in [-0.3, -0.25) is 4.79 Å². The Kier molecular flexibility index (Phi) is 10.7. The van der Waals surface area contributed by atoms with Crippen molar-refractivity contribution >= 4 is 5.97 Å². The Morgan fingerprint density at radius 3 is 2.14 bits per heavy atom. The molecule has 332 valence electrons. The number of hydrogen-bond acceptors (Lipinski definition) is 15. The molecule has 3 aliphatic heterocycles. The van der Waals surface area contributed by atoms with Crippen LogP contribution >= 0.6 is 0 Å². The van der Waals surface area contributed by atoms with E-state index in [-0.39, 0.29) is 52.1 Å². The summed E-state index contributed by atoms with van der Waals surface area (Å²) in [5.41, 5.74) is -3.32. The maximum Gasteiger partial charge on any atom is 0.303 e. The second kappa shape index (κ2) is 14.2. The van der Waals surface area contributed by atoms with Crippen molar-refractivity contribution in [2.75, 3.05) is 13.2 Å². The van der Waals surface area contributed by atoms with E-state index in [9.17, 15) is 45.6 Å². The van der Waals surface area contributed by atoms with Crippen LogP contribution in [0.25, 0.3) is 0 Å². The third kappa shape index (κ3) is 6.17. The van der Waals surface area contributed by atoms with Gasteiger partial charge in [0, 0.05) is 12.8 Å². The first kappa shape index (κ1) is 43.6. The van der Waals surface area contributed by atoms with Crippen molar-refractivity contribution in [1.29, 1.82) is 0 Å². The van der Waals surface area contributed by atoms with E-state index in [2.05, 4.69) is 34.6 Å². The highest BCUT2D eigenvalue weighted by Gasteiger charge is 2.85. The summed E-state index contributed by atoms with van der Waals surface area (Å²) < 4.78 is 37.8. The van der Waals surface area contributed by atoms with Crippen molar-refractivity contribution in [2.24, 2.45) is 44.8 Å². The molecule has 0 aromatic heterocycles. The van der Waals surface area contributed by atoms with Gasteiger partial charge in [-0.25, -0.2) is 0 Å². The Morgan fingerprint density at radius 1 is 0.793 bits per heavy atom. The molecule has 58 heavy (non-hydrogen) atoms. The van der Waals surface area contributed by atoms with E-state index in [1.165, 1.54) is 6.92 Å². The number of aliphatic hydroxyl groups excluding tert-OH is 7. The molecule has 2 spiro atoms. The largest absolute Gasteiger partial charge is 0.454 e. The molecule has 0 bridgehead atoms. The van der Waals surface area contributed by atoms with E-state index >= 15 is 0 Å². The number of ether oxygens (including phenoxy) is 6. The molecule has 15 heteroatoms. The van der Waals surface area contributed by atoms with E-state index < -0.39 is 103 Å². The van der Waals surface area contributed by atoms with E-state index in [4.69, 9.17) is 28.4 Å². The number of hydrogen-bond donors (Lipinski definition) is 8. The van der Waals surface area contributed by atoms with Gasteiger partial charge < -0.3 is 69.3 Å². The molecule has 5 saturated carbocycles. The molecule has 8 rings (SSSR count). The Morgan fingerprint density at radius 2 is 1.50 bits per heavy atom. The predicted molar refractivity (Wildman–Crippen MR) is 203 cm³/mol. The van der Waals surface area contributed by atoms with Crippen LogP contribution in [-0.2, 0) is 33.2 Å². The van der Waals surface area contributed by atoms with Gasteiger partial charge in [-0.1, -0.05) is 27.7 Å². The van der Waals surface area contributed by atoms with Crippen LogP contribution in [0.5, 0.6) is 0 Å². The third-order valence-electron chi connectivity index (χ3n) is 17.9. The summed E-state index contributed by atoms with van der Waals surface area (Å²) >= 11 is 0. The SMILES string of the molecule is CC(=O)O[C@H]1[C@H](O[C@H]2CC[C@]34C[C@]35CC[C@]3(C)[C@@H]([C@@]6(C)CC[C@H](C(C)(C)O)O6)[C@@H](O)C[C@@]3(C)[C@H]5C[C@H](O[C@@H]3O[C@H](CO)[C@@H](O)[C@H](O)[C@H]3O)[C@@H]4C2(C)C)OC[C@@H](O)[C@@H]1O. The fourth-order valence-electron chi connectivity index (χ4n) is 15.2. The summed E-state index contributed by atoms with van der Waals surface area (Å²) in [6, 6.07) is 0. The summed E-state index contributed by atoms with van der Waals surface area (Å²) in [4.78, 5) is 12.1. The van der Waals surface area contributed by atoms with Crippen LogP contribution in [-0.4, -0.2) is 151 Å². The van der Waals surface area contributed by atoms with Gasteiger partial charge in [0.2, 0.25) is 0 Å². The molecule has 8 fully saturated rings. The van der Waals surface area contributed by atoms with Gasteiger partial charge in [0.15, 0.2) is 18.7 Å². The van der Waals surface area contributed by atoms with Crippen molar-refractivity contribution < 1.29 is 74.1 Å². The van der Waals surface area contributed by atoms with Crippen LogP contribution in [0, 0.1) is 44.8 Å². The summed E-state index contributed by atoms with van der Waals surface area (Å²) in [6.45, 7) is 15.0. The average Bonchev–Trinajstić information content (AvgIpc) is 3.50. The minimum absolute atomic E-state index is 0.0829. The van der Waals surface area contributed by atoms with Crippen LogP contribution in [0.3, 0.4) is 0 Å². The van der Waals surface area contributed by atoms with Crippen molar-refractivity contribution in [1.82, 2.24) is 0 Å². The Bertz CT molecular complexity index is 1570. The molecule has 8 N–H and O–H groups in total. The van der Waals surface area contributed by atoms with Crippen LogP contribution in [0.4, 0.5) is 0 Å². The highest BCUT2D eigenvalue weighted by molar-refractivity contribution is 5.66. The maximum absolute atomic E-state index is 12.2.